The van der Waals surface area contributed by atoms with Gasteiger partial charge in [-0.05, 0) is 47.0 Å². The molecule has 0 bridgehead atoms. The summed E-state index contributed by atoms with van der Waals surface area (Å²) < 4.78 is 0. The molecule has 19 heavy (non-hydrogen) atoms. The molecule has 2 aliphatic heterocycles. The fourth-order valence-electron chi connectivity index (χ4n) is 3.74. The van der Waals surface area contributed by atoms with Gasteiger partial charge in [0.2, 0.25) is 0 Å². The minimum Gasteiger partial charge on any atom is -0.377 e. The summed E-state index contributed by atoms with van der Waals surface area (Å²) in [6.45, 7) is 3.53. The molecule has 4 rings (SSSR count). The summed E-state index contributed by atoms with van der Waals surface area (Å²) in [5, 5.41) is 12.0. The van der Waals surface area contributed by atoms with Crippen LogP contribution in [0.15, 0.2) is 41.1 Å². The summed E-state index contributed by atoms with van der Waals surface area (Å²) in [5.74, 6) is 0. The molecule has 0 aliphatic carbocycles. The van der Waals surface area contributed by atoms with Crippen molar-refractivity contribution in [3.63, 3.8) is 0 Å². The van der Waals surface area contributed by atoms with E-state index in [0.29, 0.717) is 12.1 Å². The SMILES string of the molecule is C[C@]12CCN[C@H]1c1ccccc1N[C@@H]2c1ccsc1. The molecule has 0 unspecified atom stereocenters. The predicted octanol–water partition coefficient (Wildman–Crippen LogP) is 3.96. The minimum absolute atomic E-state index is 0.259. The molecule has 1 aromatic carbocycles. The number of benzene rings is 1. The van der Waals surface area contributed by atoms with Crippen LogP contribution in [-0.4, -0.2) is 6.54 Å². The Morgan fingerprint density at radius 1 is 1.21 bits per heavy atom. The Kier molecular flexibility index (Phi) is 2.47. The molecule has 3 atom stereocenters. The lowest BCUT2D eigenvalue weighted by Crippen LogP contribution is -2.40. The van der Waals surface area contributed by atoms with Crippen LogP contribution in [0.4, 0.5) is 5.69 Å². The molecule has 98 valence electrons. The lowest BCUT2D eigenvalue weighted by Gasteiger charge is -2.45. The molecule has 3 heterocycles. The average Bonchev–Trinajstić information content (AvgIpc) is 3.06. The van der Waals surface area contributed by atoms with E-state index in [9.17, 15) is 0 Å². The number of thiophene rings is 1. The van der Waals surface area contributed by atoms with Crippen LogP contribution < -0.4 is 10.6 Å². The summed E-state index contributed by atoms with van der Waals surface area (Å²) in [5.41, 5.74) is 4.40. The van der Waals surface area contributed by atoms with Crippen LogP contribution in [0.3, 0.4) is 0 Å². The van der Waals surface area contributed by atoms with Crippen LogP contribution >= 0.6 is 11.3 Å². The normalized spacial score (nSPS) is 32.5. The third-order valence-corrected chi connectivity index (χ3v) is 5.48. The molecule has 1 aromatic heterocycles. The Labute approximate surface area is 117 Å². The van der Waals surface area contributed by atoms with Crippen LogP contribution in [-0.2, 0) is 0 Å². The van der Waals surface area contributed by atoms with E-state index >= 15 is 0 Å². The van der Waals surface area contributed by atoms with Crippen molar-refractivity contribution in [1.29, 1.82) is 0 Å². The van der Waals surface area contributed by atoms with E-state index in [1.165, 1.54) is 23.2 Å². The van der Waals surface area contributed by atoms with Crippen molar-refractivity contribution >= 4 is 17.0 Å². The average molecular weight is 270 g/mol. The third-order valence-electron chi connectivity index (χ3n) is 4.78. The van der Waals surface area contributed by atoms with Gasteiger partial charge < -0.3 is 10.6 Å². The lowest BCUT2D eigenvalue weighted by atomic mass is 9.69. The number of para-hydroxylation sites is 1. The second kappa shape index (κ2) is 4.09. The summed E-state index contributed by atoms with van der Waals surface area (Å²) in [4.78, 5) is 0. The highest BCUT2D eigenvalue weighted by molar-refractivity contribution is 7.08. The maximum absolute atomic E-state index is 3.78. The van der Waals surface area contributed by atoms with Gasteiger partial charge >= 0.3 is 0 Å². The number of rotatable bonds is 1. The van der Waals surface area contributed by atoms with E-state index < -0.39 is 0 Å². The molecule has 2 aromatic rings. The monoisotopic (exact) mass is 270 g/mol. The van der Waals surface area contributed by atoms with Gasteiger partial charge in [-0.2, -0.15) is 11.3 Å². The van der Waals surface area contributed by atoms with Crippen LogP contribution in [0.25, 0.3) is 0 Å². The first-order valence-electron chi connectivity index (χ1n) is 6.90. The van der Waals surface area contributed by atoms with E-state index in [1.807, 2.05) is 0 Å². The molecule has 2 aliphatic rings. The Hall–Kier alpha value is -1.32. The molecular formula is C16H18N2S. The topological polar surface area (TPSA) is 24.1 Å². The zero-order chi connectivity index (χ0) is 12.9. The number of anilines is 1. The van der Waals surface area contributed by atoms with E-state index in [0.717, 1.165) is 6.54 Å². The summed E-state index contributed by atoms with van der Waals surface area (Å²) >= 11 is 1.79. The van der Waals surface area contributed by atoms with E-state index in [4.69, 9.17) is 0 Å². The number of nitrogens with one attached hydrogen (secondary N) is 2. The largest absolute Gasteiger partial charge is 0.377 e. The van der Waals surface area contributed by atoms with Crippen LogP contribution in [0.1, 0.15) is 36.6 Å². The quantitative estimate of drug-likeness (QED) is 0.819. The Balaban J connectivity index is 1.87. The molecule has 1 fully saturated rings. The van der Waals surface area contributed by atoms with Crippen molar-refractivity contribution in [2.45, 2.75) is 25.4 Å². The summed E-state index contributed by atoms with van der Waals surface area (Å²) in [6.07, 6.45) is 1.22. The van der Waals surface area contributed by atoms with Crippen molar-refractivity contribution in [2.24, 2.45) is 5.41 Å². The van der Waals surface area contributed by atoms with E-state index in [2.05, 4.69) is 58.6 Å². The van der Waals surface area contributed by atoms with Crippen molar-refractivity contribution in [2.75, 3.05) is 11.9 Å². The van der Waals surface area contributed by atoms with Crippen molar-refractivity contribution in [3.05, 3.63) is 52.2 Å². The van der Waals surface area contributed by atoms with E-state index in [1.54, 1.807) is 11.3 Å². The van der Waals surface area contributed by atoms with Gasteiger partial charge in [0.1, 0.15) is 0 Å². The zero-order valence-electron chi connectivity index (χ0n) is 11.0. The first-order valence-corrected chi connectivity index (χ1v) is 7.84. The number of hydrogen-bond donors (Lipinski definition) is 2. The maximum Gasteiger partial charge on any atom is 0.0594 e. The predicted molar refractivity (Wildman–Crippen MR) is 80.6 cm³/mol. The molecule has 2 nitrogen and oxygen atoms in total. The van der Waals surface area contributed by atoms with Gasteiger partial charge in [0.15, 0.2) is 0 Å². The number of fused-ring (bicyclic) bond motifs is 3. The van der Waals surface area contributed by atoms with Gasteiger partial charge in [0.05, 0.1) is 6.04 Å². The highest BCUT2D eigenvalue weighted by atomic mass is 32.1. The van der Waals surface area contributed by atoms with Crippen LogP contribution in [0.5, 0.6) is 0 Å². The van der Waals surface area contributed by atoms with Crippen LogP contribution in [0.2, 0.25) is 0 Å². The molecule has 2 N–H and O–H groups in total. The first kappa shape index (κ1) is 11.5. The fourth-order valence-corrected chi connectivity index (χ4v) is 4.43. The van der Waals surface area contributed by atoms with Gasteiger partial charge in [-0.25, -0.2) is 0 Å². The molecular weight excluding hydrogens is 252 g/mol. The zero-order valence-corrected chi connectivity index (χ0v) is 11.8. The molecule has 1 saturated heterocycles. The summed E-state index contributed by atoms with van der Waals surface area (Å²) in [6, 6.07) is 11.9. The highest BCUT2D eigenvalue weighted by Crippen LogP contribution is 2.55. The van der Waals surface area contributed by atoms with Gasteiger partial charge in [-0.1, -0.05) is 25.1 Å². The Morgan fingerprint density at radius 3 is 2.95 bits per heavy atom. The van der Waals surface area contributed by atoms with Crippen molar-refractivity contribution in [3.8, 4) is 0 Å². The maximum atomic E-state index is 3.78. The molecule has 0 amide bonds. The van der Waals surface area contributed by atoms with Crippen LogP contribution in [0, 0.1) is 5.41 Å². The van der Waals surface area contributed by atoms with Gasteiger partial charge in [-0.15, -0.1) is 0 Å². The van der Waals surface area contributed by atoms with Gasteiger partial charge in [0.25, 0.3) is 0 Å². The standard InChI is InChI=1S/C16H18N2S/c1-16-7-8-17-15(16)12-4-2-3-5-13(12)18-14(16)11-6-9-19-10-11/h2-6,9-10,14-15,17-18H,7-8H2,1H3/t14-,15+,16-/m1/s1. The first-order chi connectivity index (χ1) is 9.29. The lowest BCUT2D eigenvalue weighted by molar-refractivity contribution is 0.227. The highest BCUT2D eigenvalue weighted by Gasteiger charge is 2.49. The molecule has 0 saturated carbocycles. The second-order valence-corrected chi connectivity index (χ2v) is 6.64. The van der Waals surface area contributed by atoms with E-state index in [-0.39, 0.29) is 5.41 Å². The number of hydrogen-bond acceptors (Lipinski definition) is 3. The smallest absolute Gasteiger partial charge is 0.0594 e. The summed E-state index contributed by atoms with van der Waals surface area (Å²) in [7, 11) is 0. The van der Waals surface area contributed by atoms with Crippen molar-refractivity contribution in [1.82, 2.24) is 5.32 Å². The minimum atomic E-state index is 0.259. The Morgan fingerprint density at radius 2 is 2.11 bits per heavy atom. The third kappa shape index (κ3) is 1.58. The van der Waals surface area contributed by atoms with Gasteiger partial charge in [0, 0.05) is 17.1 Å². The second-order valence-electron chi connectivity index (χ2n) is 5.86. The molecule has 3 heteroatoms. The van der Waals surface area contributed by atoms with Gasteiger partial charge in [-0.3, -0.25) is 0 Å². The van der Waals surface area contributed by atoms with Crippen molar-refractivity contribution < 1.29 is 0 Å². The molecule has 0 spiro atoms. The Bertz CT molecular complexity index is 593. The fraction of sp³-hybridized carbons (Fsp3) is 0.375. The molecule has 0 radical (unpaired) electrons.